The maximum Gasteiger partial charge on any atom is 0.344 e. The summed E-state index contributed by atoms with van der Waals surface area (Å²) < 4.78 is 23.4. The van der Waals surface area contributed by atoms with E-state index in [2.05, 4.69) is 10.1 Å². The third-order valence-corrected chi connectivity index (χ3v) is 3.29. The molecular formula is C16H12ClFN2O6. The van der Waals surface area contributed by atoms with Gasteiger partial charge in [-0.3, -0.25) is 14.9 Å². The maximum absolute atomic E-state index is 13.6. The van der Waals surface area contributed by atoms with E-state index in [-0.39, 0.29) is 5.75 Å². The van der Waals surface area contributed by atoms with E-state index in [1.165, 1.54) is 0 Å². The lowest BCUT2D eigenvalue weighted by atomic mass is 10.2. The molecule has 0 unspecified atom stereocenters. The van der Waals surface area contributed by atoms with Crippen molar-refractivity contribution in [3.05, 3.63) is 63.4 Å². The average Bonchev–Trinajstić information content (AvgIpc) is 2.61. The largest absolute Gasteiger partial charge is 0.480 e. The van der Waals surface area contributed by atoms with Gasteiger partial charge in [-0.25, -0.2) is 9.18 Å². The Kier molecular flexibility index (Phi) is 6.45. The van der Waals surface area contributed by atoms with Crippen LogP contribution in [0.3, 0.4) is 0 Å². The number of rotatable bonds is 7. The molecule has 0 aliphatic rings. The van der Waals surface area contributed by atoms with Crippen LogP contribution in [0.4, 0.5) is 15.8 Å². The summed E-state index contributed by atoms with van der Waals surface area (Å²) in [5.41, 5.74) is -0.792. The zero-order valence-corrected chi connectivity index (χ0v) is 13.9. The fraction of sp³-hybridized carbons (Fsp3) is 0.125. The molecule has 1 amide bonds. The van der Waals surface area contributed by atoms with Crippen LogP contribution in [-0.4, -0.2) is 30.0 Å². The van der Waals surface area contributed by atoms with Crippen LogP contribution in [0.1, 0.15) is 0 Å². The van der Waals surface area contributed by atoms with E-state index < -0.39 is 47.2 Å². The van der Waals surface area contributed by atoms with Crippen molar-refractivity contribution in [3.8, 4) is 5.75 Å². The monoisotopic (exact) mass is 382 g/mol. The first-order valence-corrected chi connectivity index (χ1v) is 7.51. The molecule has 2 rings (SSSR count). The highest BCUT2D eigenvalue weighted by atomic mass is 35.5. The summed E-state index contributed by atoms with van der Waals surface area (Å²) in [7, 11) is 0. The van der Waals surface area contributed by atoms with Gasteiger partial charge in [-0.05, 0) is 18.2 Å². The van der Waals surface area contributed by atoms with Crippen molar-refractivity contribution in [1.29, 1.82) is 0 Å². The van der Waals surface area contributed by atoms with Crippen molar-refractivity contribution in [2.24, 2.45) is 0 Å². The van der Waals surface area contributed by atoms with Crippen LogP contribution in [0.25, 0.3) is 0 Å². The number of hydrogen-bond acceptors (Lipinski definition) is 6. The predicted molar refractivity (Wildman–Crippen MR) is 89.6 cm³/mol. The number of hydrogen-bond donors (Lipinski definition) is 1. The van der Waals surface area contributed by atoms with Gasteiger partial charge in [0.2, 0.25) is 0 Å². The molecular weight excluding hydrogens is 371 g/mol. The number of esters is 1. The van der Waals surface area contributed by atoms with E-state index in [0.29, 0.717) is 5.02 Å². The van der Waals surface area contributed by atoms with Crippen molar-refractivity contribution in [1.82, 2.24) is 0 Å². The SMILES string of the molecule is O=C(COC(=O)COc1ccccc1Cl)Nc1cc([N+](=O)[O-])ccc1F. The van der Waals surface area contributed by atoms with E-state index in [0.717, 1.165) is 18.2 Å². The second-order valence-corrected chi connectivity index (χ2v) is 5.26. The van der Waals surface area contributed by atoms with Gasteiger partial charge in [-0.15, -0.1) is 0 Å². The van der Waals surface area contributed by atoms with E-state index in [4.69, 9.17) is 16.3 Å². The van der Waals surface area contributed by atoms with Gasteiger partial charge in [0.1, 0.15) is 11.6 Å². The van der Waals surface area contributed by atoms with Crippen molar-refractivity contribution >= 4 is 34.9 Å². The molecule has 0 saturated carbocycles. The topological polar surface area (TPSA) is 108 Å². The number of carbonyl (C=O) groups excluding carboxylic acids is 2. The van der Waals surface area contributed by atoms with Gasteiger partial charge >= 0.3 is 5.97 Å². The molecule has 0 heterocycles. The molecule has 0 atom stereocenters. The smallest absolute Gasteiger partial charge is 0.344 e. The van der Waals surface area contributed by atoms with Crippen LogP contribution in [0.2, 0.25) is 5.02 Å². The molecule has 2 aromatic rings. The summed E-state index contributed by atoms with van der Waals surface area (Å²) in [5.74, 6) is -2.30. The Morgan fingerprint density at radius 1 is 1.19 bits per heavy atom. The lowest BCUT2D eigenvalue weighted by Crippen LogP contribution is -2.24. The first-order valence-electron chi connectivity index (χ1n) is 7.13. The number of benzene rings is 2. The molecule has 26 heavy (non-hydrogen) atoms. The van der Waals surface area contributed by atoms with Crippen molar-refractivity contribution in [3.63, 3.8) is 0 Å². The van der Waals surface area contributed by atoms with E-state index in [9.17, 15) is 24.1 Å². The van der Waals surface area contributed by atoms with E-state index in [1.54, 1.807) is 24.3 Å². The summed E-state index contributed by atoms with van der Waals surface area (Å²) >= 11 is 5.85. The summed E-state index contributed by atoms with van der Waals surface area (Å²) in [6.07, 6.45) is 0. The fourth-order valence-corrected chi connectivity index (χ4v) is 1.99. The molecule has 136 valence electrons. The van der Waals surface area contributed by atoms with Gasteiger partial charge in [-0.2, -0.15) is 0 Å². The van der Waals surface area contributed by atoms with Gasteiger partial charge in [0, 0.05) is 12.1 Å². The molecule has 0 aliphatic heterocycles. The summed E-state index contributed by atoms with van der Waals surface area (Å²) in [5, 5.41) is 13.0. The van der Waals surface area contributed by atoms with Crippen molar-refractivity contribution in [2.45, 2.75) is 0 Å². The minimum atomic E-state index is -0.865. The highest BCUT2D eigenvalue weighted by molar-refractivity contribution is 6.32. The molecule has 0 radical (unpaired) electrons. The zero-order valence-electron chi connectivity index (χ0n) is 13.1. The number of para-hydroxylation sites is 1. The highest BCUT2D eigenvalue weighted by Gasteiger charge is 2.15. The van der Waals surface area contributed by atoms with E-state index >= 15 is 0 Å². The van der Waals surface area contributed by atoms with E-state index in [1.807, 2.05) is 0 Å². The van der Waals surface area contributed by atoms with Gasteiger partial charge in [0.05, 0.1) is 15.6 Å². The number of nitro groups is 1. The number of carbonyl (C=O) groups is 2. The first kappa shape index (κ1) is 19.1. The number of nitrogens with one attached hydrogen (secondary N) is 1. The molecule has 0 fully saturated rings. The zero-order chi connectivity index (χ0) is 19.1. The predicted octanol–water partition coefficient (Wildman–Crippen LogP) is 2.95. The molecule has 0 aliphatic carbocycles. The number of halogens is 2. The van der Waals surface area contributed by atoms with Crippen LogP contribution >= 0.6 is 11.6 Å². The highest BCUT2D eigenvalue weighted by Crippen LogP contribution is 2.23. The van der Waals surface area contributed by atoms with Crippen LogP contribution < -0.4 is 10.1 Å². The van der Waals surface area contributed by atoms with Gasteiger partial charge in [0.25, 0.3) is 11.6 Å². The standard InChI is InChI=1S/C16H12ClFN2O6/c17-11-3-1-2-4-14(11)25-9-16(22)26-8-15(21)19-13-7-10(20(23)24)5-6-12(13)18/h1-7H,8-9H2,(H,19,21). The molecule has 10 heteroatoms. The second-order valence-electron chi connectivity index (χ2n) is 4.85. The minimum absolute atomic E-state index is 0.272. The number of nitro benzene ring substituents is 1. The Bertz CT molecular complexity index is 845. The van der Waals surface area contributed by atoms with Crippen molar-refractivity contribution < 1.29 is 28.4 Å². The molecule has 1 N–H and O–H groups in total. The Hall–Kier alpha value is -3.20. The molecule has 0 spiro atoms. The first-order chi connectivity index (χ1) is 12.4. The summed E-state index contributed by atoms with van der Waals surface area (Å²) in [6, 6.07) is 9.12. The number of ether oxygens (including phenoxy) is 2. The van der Waals surface area contributed by atoms with Gasteiger partial charge in [-0.1, -0.05) is 23.7 Å². The van der Waals surface area contributed by atoms with Gasteiger partial charge in [0.15, 0.2) is 13.2 Å². The normalized spacial score (nSPS) is 10.1. The second kappa shape index (κ2) is 8.77. The molecule has 0 aromatic heterocycles. The molecule has 2 aromatic carbocycles. The van der Waals surface area contributed by atoms with Crippen molar-refractivity contribution in [2.75, 3.05) is 18.5 Å². The van der Waals surface area contributed by atoms with Crippen LogP contribution in [0, 0.1) is 15.9 Å². The number of amides is 1. The van der Waals surface area contributed by atoms with Crippen LogP contribution in [0.5, 0.6) is 5.75 Å². The lowest BCUT2D eigenvalue weighted by molar-refractivity contribution is -0.384. The van der Waals surface area contributed by atoms with Crippen LogP contribution in [-0.2, 0) is 14.3 Å². The number of non-ortho nitro benzene ring substituents is 1. The average molecular weight is 383 g/mol. The molecule has 8 nitrogen and oxygen atoms in total. The third-order valence-electron chi connectivity index (χ3n) is 2.98. The molecule has 0 saturated heterocycles. The lowest BCUT2D eigenvalue weighted by Gasteiger charge is -2.09. The number of nitrogens with zero attached hydrogens (tertiary/aromatic N) is 1. The van der Waals surface area contributed by atoms with Gasteiger partial charge < -0.3 is 14.8 Å². The maximum atomic E-state index is 13.6. The summed E-state index contributed by atoms with van der Waals surface area (Å²) in [4.78, 5) is 33.2. The Balaban J connectivity index is 1.83. The Morgan fingerprint density at radius 3 is 2.62 bits per heavy atom. The van der Waals surface area contributed by atoms with Crippen LogP contribution in [0.15, 0.2) is 42.5 Å². The Labute approximate surface area is 151 Å². The third kappa shape index (κ3) is 5.42. The molecule has 0 bridgehead atoms. The quantitative estimate of drug-likeness (QED) is 0.448. The number of anilines is 1. The fourth-order valence-electron chi connectivity index (χ4n) is 1.80. The minimum Gasteiger partial charge on any atom is -0.480 e. The Morgan fingerprint density at radius 2 is 1.92 bits per heavy atom. The summed E-state index contributed by atoms with van der Waals surface area (Å²) in [6.45, 7) is -1.20.